The second kappa shape index (κ2) is 8.92. The number of rotatable bonds is 4. The van der Waals surface area contributed by atoms with Crippen LogP contribution < -0.4 is 11.1 Å². The van der Waals surface area contributed by atoms with Crippen LogP contribution >= 0.6 is 11.3 Å². The third-order valence-electron chi connectivity index (χ3n) is 5.13. The average Bonchev–Trinajstić information content (AvgIpc) is 3.22. The number of nitrogens with one attached hydrogen (secondary N) is 1. The number of thiophene rings is 1. The molecule has 10 heteroatoms. The number of dihydropyridines is 1. The molecule has 0 aromatic carbocycles. The number of nitrogens with zero attached hydrogens (tertiary/aromatic N) is 3. The summed E-state index contributed by atoms with van der Waals surface area (Å²) in [7, 11) is 2.47. The summed E-state index contributed by atoms with van der Waals surface area (Å²) in [5.41, 5.74) is 7.69. The molecule has 9 nitrogen and oxygen atoms in total. The number of methoxy groups -OCH3 is 2. The summed E-state index contributed by atoms with van der Waals surface area (Å²) < 4.78 is 10.1. The lowest BCUT2D eigenvalue weighted by Gasteiger charge is -2.31. The number of carbonyl (C=O) groups excluding carboxylic acids is 2. The van der Waals surface area contributed by atoms with Gasteiger partial charge in [-0.25, -0.2) is 14.6 Å². The maximum Gasteiger partial charge on any atom is 0.336 e. The molecular weight excluding hydrogens is 430 g/mol. The molecular formula is C22H19N5O4S. The molecule has 3 heterocycles. The van der Waals surface area contributed by atoms with Gasteiger partial charge >= 0.3 is 11.9 Å². The van der Waals surface area contributed by atoms with Gasteiger partial charge in [-0.05, 0) is 30.9 Å². The van der Waals surface area contributed by atoms with Crippen LogP contribution in [0.4, 0.5) is 5.82 Å². The second-order valence-electron chi connectivity index (χ2n) is 6.87. The summed E-state index contributed by atoms with van der Waals surface area (Å²) in [6.07, 6.45) is 1.23. The monoisotopic (exact) mass is 449 g/mol. The summed E-state index contributed by atoms with van der Waals surface area (Å²) in [6, 6.07) is 5.82. The number of allylic oxidation sites excluding steroid dienone is 1. The van der Waals surface area contributed by atoms with Crippen molar-refractivity contribution in [3.8, 4) is 12.1 Å². The van der Waals surface area contributed by atoms with E-state index in [4.69, 9.17) is 15.2 Å². The van der Waals surface area contributed by atoms with Gasteiger partial charge in [-0.2, -0.15) is 10.5 Å². The van der Waals surface area contributed by atoms with E-state index in [2.05, 4.69) is 10.3 Å². The van der Waals surface area contributed by atoms with E-state index in [1.165, 1.54) is 31.8 Å². The number of aryl methyl sites for hydroxylation is 1. The lowest BCUT2D eigenvalue weighted by atomic mass is 9.80. The van der Waals surface area contributed by atoms with Crippen molar-refractivity contribution < 1.29 is 19.1 Å². The molecule has 0 spiro atoms. The van der Waals surface area contributed by atoms with Crippen molar-refractivity contribution >= 4 is 34.8 Å². The maximum absolute atomic E-state index is 13.1. The Morgan fingerprint density at radius 2 is 1.81 bits per heavy atom. The number of ether oxygens (including phenoxy) is 2. The van der Waals surface area contributed by atoms with E-state index >= 15 is 0 Å². The van der Waals surface area contributed by atoms with Crippen LogP contribution in [0.15, 0.2) is 34.5 Å². The number of nitrogen functional groups attached to an aromatic ring is 1. The third kappa shape index (κ3) is 3.57. The summed E-state index contributed by atoms with van der Waals surface area (Å²) in [4.78, 5) is 30.5. The minimum atomic E-state index is -0.848. The van der Waals surface area contributed by atoms with Crippen molar-refractivity contribution in [3.63, 3.8) is 0 Å². The fraction of sp³-hybridized carbons (Fsp3) is 0.227. The molecule has 32 heavy (non-hydrogen) atoms. The highest BCUT2D eigenvalue weighted by atomic mass is 32.1. The molecule has 0 bridgehead atoms. The fourth-order valence-electron chi connectivity index (χ4n) is 3.66. The lowest BCUT2D eigenvalue weighted by Crippen LogP contribution is -2.32. The van der Waals surface area contributed by atoms with Gasteiger partial charge in [0, 0.05) is 22.3 Å². The van der Waals surface area contributed by atoms with Gasteiger partial charge in [0.1, 0.15) is 23.5 Å². The standard InChI is InChI=1S/C22H19N5O4S/c1-10-5-6-32-19(10)16-14(21(28)30-3)11(2)27-18(17(16)22(29)31-4)15-12(7-23)9-26-20(25)13(15)8-24/h5-6,9,16,27H,1-4H3,(H2,25,26). The van der Waals surface area contributed by atoms with Gasteiger partial charge in [-0.15, -0.1) is 11.3 Å². The summed E-state index contributed by atoms with van der Waals surface area (Å²) in [6.45, 7) is 3.51. The van der Waals surface area contributed by atoms with Crippen LogP contribution in [-0.2, 0) is 19.1 Å². The van der Waals surface area contributed by atoms with Crippen LogP contribution in [-0.4, -0.2) is 31.1 Å². The van der Waals surface area contributed by atoms with E-state index in [-0.39, 0.29) is 39.4 Å². The Balaban J connectivity index is 2.49. The number of hydrogen-bond donors (Lipinski definition) is 2. The highest BCUT2D eigenvalue weighted by Crippen LogP contribution is 2.45. The van der Waals surface area contributed by atoms with Crippen molar-refractivity contribution in [2.45, 2.75) is 19.8 Å². The minimum absolute atomic E-state index is 0.0376. The lowest BCUT2D eigenvalue weighted by molar-refractivity contribution is -0.137. The largest absolute Gasteiger partial charge is 0.466 e. The average molecular weight is 449 g/mol. The predicted octanol–water partition coefficient (Wildman–Crippen LogP) is 2.50. The maximum atomic E-state index is 13.1. The number of carbonyl (C=O) groups is 2. The molecule has 1 aliphatic rings. The van der Waals surface area contributed by atoms with Crippen LogP contribution in [0.1, 0.15) is 40.0 Å². The first-order valence-electron chi connectivity index (χ1n) is 9.32. The molecule has 0 saturated carbocycles. The smallest absolute Gasteiger partial charge is 0.336 e. The predicted molar refractivity (Wildman–Crippen MR) is 117 cm³/mol. The molecule has 1 atom stereocenters. The molecule has 1 aliphatic heterocycles. The van der Waals surface area contributed by atoms with Crippen LogP contribution in [0.25, 0.3) is 5.70 Å². The highest BCUT2D eigenvalue weighted by Gasteiger charge is 2.41. The van der Waals surface area contributed by atoms with Gasteiger partial charge in [0.15, 0.2) is 0 Å². The van der Waals surface area contributed by atoms with Crippen molar-refractivity contribution in [2.75, 3.05) is 20.0 Å². The number of pyridine rings is 1. The number of hydrogen-bond acceptors (Lipinski definition) is 10. The SMILES string of the molecule is COC(=O)C1=C(C)NC(c2c(C#N)cnc(N)c2C#N)=C(C(=O)OC)C1c1sccc1C. The number of anilines is 1. The van der Waals surface area contributed by atoms with Crippen molar-refractivity contribution in [3.05, 3.63) is 61.6 Å². The number of nitriles is 2. The van der Waals surface area contributed by atoms with Crippen LogP contribution in [0.3, 0.4) is 0 Å². The van der Waals surface area contributed by atoms with Crippen molar-refractivity contribution in [1.29, 1.82) is 10.5 Å². The zero-order chi connectivity index (χ0) is 23.6. The van der Waals surface area contributed by atoms with E-state index in [1.807, 2.05) is 30.5 Å². The molecule has 0 saturated heterocycles. The van der Waals surface area contributed by atoms with E-state index < -0.39 is 17.9 Å². The molecule has 0 radical (unpaired) electrons. The quantitative estimate of drug-likeness (QED) is 0.671. The minimum Gasteiger partial charge on any atom is -0.466 e. The van der Waals surface area contributed by atoms with E-state index in [9.17, 15) is 20.1 Å². The Kier molecular flexibility index (Phi) is 6.28. The van der Waals surface area contributed by atoms with Crippen molar-refractivity contribution in [2.24, 2.45) is 0 Å². The molecule has 3 N–H and O–H groups in total. The first kappa shape index (κ1) is 22.5. The molecule has 0 aliphatic carbocycles. The Hall–Kier alpha value is -4.15. The summed E-state index contributed by atoms with van der Waals surface area (Å²) in [5.74, 6) is -2.30. The Morgan fingerprint density at radius 1 is 1.16 bits per heavy atom. The van der Waals surface area contributed by atoms with Gasteiger partial charge in [-0.1, -0.05) is 0 Å². The topological polar surface area (TPSA) is 151 Å². The van der Waals surface area contributed by atoms with Gasteiger partial charge in [0.2, 0.25) is 0 Å². The molecule has 2 aromatic heterocycles. The molecule has 0 fully saturated rings. The zero-order valence-electron chi connectivity index (χ0n) is 17.8. The van der Waals surface area contributed by atoms with Gasteiger partial charge < -0.3 is 20.5 Å². The van der Waals surface area contributed by atoms with E-state index in [1.54, 1.807) is 6.92 Å². The van der Waals surface area contributed by atoms with Crippen LogP contribution in [0.5, 0.6) is 0 Å². The van der Waals surface area contributed by atoms with E-state index in [0.717, 1.165) is 10.4 Å². The second-order valence-corrected chi connectivity index (χ2v) is 7.81. The Labute approximate surface area is 188 Å². The van der Waals surface area contributed by atoms with E-state index in [0.29, 0.717) is 5.70 Å². The fourth-order valence-corrected chi connectivity index (χ4v) is 4.71. The normalized spacial score (nSPS) is 15.5. The number of esters is 2. The van der Waals surface area contributed by atoms with Gasteiger partial charge in [-0.3, -0.25) is 0 Å². The number of aromatic nitrogens is 1. The molecule has 1 unspecified atom stereocenters. The molecule has 0 amide bonds. The Bertz CT molecular complexity index is 1280. The van der Waals surface area contributed by atoms with Crippen molar-refractivity contribution in [1.82, 2.24) is 10.3 Å². The highest BCUT2D eigenvalue weighted by molar-refractivity contribution is 7.10. The first-order valence-corrected chi connectivity index (χ1v) is 10.2. The molecule has 2 aromatic rings. The third-order valence-corrected chi connectivity index (χ3v) is 6.21. The summed E-state index contributed by atoms with van der Waals surface area (Å²) in [5, 5.41) is 24.3. The summed E-state index contributed by atoms with van der Waals surface area (Å²) >= 11 is 1.36. The molecule has 3 rings (SSSR count). The van der Waals surface area contributed by atoms with Crippen LogP contribution in [0, 0.1) is 29.6 Å². The van der Waals surface area contributed by atoms with Gasteiger partial charge in [0.05, 0.1) is 42.5 Å². The van der Waals surface area contributed by atoms with Gasteiger partial charge in [0.25, 0.3) is 0 Å². The Morgan fingerprint density at radius 3 is 2.34 bits per heavy atom. The number of nitrogens with two attached hydrogens (primary N) is 1. The first-order chi connectivity index (χ1) is 15.3. The van der Waals surface area contributed by atoms with Crippen LogP contribution in [0.2, 0.25) is 0 Å². The molecule has 162 valence electrons. The zero-order valence-corrected chi connectivity index (χ0v) is 18.6.